The lowest BCUT2D eigenvalue weighted by Crippen LogP contribution is -2.15. The first kappa shape index (κ1) is 16.4. The molecule has 0 aliphatic heterocycles. The van der Waals surface area contributed by atoms with Crippen molar-refractivity contribution in [2.75, 3.05) is 10.7 Å². The minimum Gasteiger partial charge on any atom is -0.320 e. The molecule has 1 aromatic heterocycles. The van der Waals surface area contributed by atoms with E-state index >= 15 is 0 Å². The summed E-state index contributed by atoms with van der Waals surface area (Å²) in [6, 6.07) is 6.98. The lowest BCUT2D eigenvalue weighted by molar-refractivity contribution is 0.102. The molecule has 0 saturated carbocycles. The zero-order valence-electron chi connectivity index (χ0n) is 10.9. The first-order chi connectivity index (χ1) is 9.90. The Morgan fingerprint density at radius 1 is 1.14 bits per heavy atom. The highest BCUT2D eigenvalue weighted by Crippen LogP contribution is 2.34. The van der Waals surface area contributed by atoms with E-state index in [0.29, 0.717) is 22.8 Å². The number of anilines is 2. The van der Waals surface area contributed by atoms with E-state index in [1.165, 1.54) is 0 Å². The molecule has 5 nitrogen and oxygen atoms in total. The smallest absolute Gasteiger partial charge is 0.255 e. The third kappa shape index (κ3) is 4.03. The number of pyridine rings is 1. The fraction of sp³-hybridized carbons (Fsp3) is 0.0769. The lowest BCUT2D eigenvalue weighted by atomic mass is 10.2. The average molecular weight is 479 g/mol. The summed E-state index contributed by atoms with van der Waals surface area (Å²) >= 11 is 10.2. The second kappa shape index (κ2) is 6.87. The molecule has 0 radical (unpaired) electrons. The topological polar surface area (TPSA) is 80.0 Å². The van der Waals surface area contributed by atoms with Crippen molar-refractivity contribution >= 4 is 65.2 Å². The Morgan fingerprint density at radius 2 is 1.76 bits per heavy atom. The standard InChI is InChI=1S/C13H11Br3N4O/c1-6-2-7(3-11(18-6)20-17)13(21)19-12-9(15)4-8(14)5-10(12)16/h2-5H,17H2,1H3,(H,18,20)(H,19,21). The Bertz CT molecular complexity index is 683. The van der Waals surface area contributed by atoms with Gasteiger partial charge in [0.15, 0.2) is 0 Å². The molecule has 1 amide bonds. The van der Waals surface area contributed by atoms with Crippen molar-refractivity contribution in [3.8, 4) is 0 Å². The predicted octanol–water partition coefficient (Wildman–Crippen LogP) is 4.22. The van der Waals surface area contributed by atoms with Crippen LogP contribution in [0.3, 0.4) is 0 Å². The number of rotatable bonds is 3. The van der Waals surface area contributed by atoms with Gasteiger partial charge in [-0.05, 0) is 63.0 Å². The number of carbonyl (C=O) groups excluding carboxylic acids is 1. The number of benzene rings is 1. The van der Waals surface area contributed by atoms with Gasteiger partial charge in [-0.3, -0.25) is 4.79 Å². The van der Waals surface area contributed by atoms with Gasteiger partial charge in [-0.25, -0.2) is 10.8 Å². The summed E-state index contributed by atoms with van der Waals surface area (Å²) in [5, 5.41) is 2.85. The van der Waals surface area contributed by atoms with Crippen LogP contribution in [0.15, 0.2) is 37.7 Å². The summed E-state index contributed by atoms with van der Waals surface area (Å²) in [4.78, 5) is 16.5. The second-order valence-electron chi connectivity index (χ2n) is 4.23. The monoisotopic (exact) mass is 476 g/mol. The van der Waals surface area contributed by atoms with Gasteiger partial charge in [0.25, 0.3) is 5.91 Å². The minimum atomic E-state index is -0.249. The highest BCUT2D eigenvalue weighted by atomic mass is 79.9. The number of hydrogen-bond acceptors (Lipinski definition) is 4. The quantitative estimate of drug-likeness (QED) is 0.456. The molecule has 0 fully saturated rings. The average Bonchev–Trinajstić information content (AvgIpc) is 2.41. The molecule has 8 heteroatoms. The van der Waals surface area contributed by atoms with Gasteiger partial charge in [0.05, 0.1) is 5.69 Å². The van der Waals surface area contributed by atoms with Crippen LogP contribution >= 0.6 is 47.8 Å². The number of carbonyl (C=O) groups is 1. The molecule has 1 heterocycles. The van der Waals surface area contributed by atoms with Crippen molar-refractivity contribution in [1.29, 1.82) is 0 Å². The van der Waals surface area contributed by atoms with E-state index in [2.05, 4.69) is 63.5 Å². The fourth-order valence-corrected chi connectivity index (χ4v) is 4.18. The first-order valence-corrected chi connectivity index (χ1v) is 8.20. The number of aromatic nitrogens is 1. The molecule has 0 aliphatic carbocycles. The van der Waals surface area contributed by atoms with Crippen LogP contribution in [0.2, 0.25) is 0 Å². The maximum atomic E-state index is 12.4. The lowest BCUT2D eigenvalue weighted by Gasteiger charge is -2.11. The molecule has 2 aromatic rings. The summed E-state index contributed by atoms with van der Waals surface area (Å²) in [6.07, 6.45) is 0. The number of nitrogens with one attached hydrogen (secondary N) is 2. The molecule has 0 aliphatic rings. The Kier molecular flexibility index (Phi) is 5.37. The summed E-state index contributed by atoms with van der Waals surface area (Å²) in [7, 11) is 0. The van der Waals surface area contributed by atoms with Crippen molar-refractivity contribution in [1.82, 2.24) is 4.98 Å². The van der Waals surface area contributed by atoms with E-state index in [0.717, 1.165) is 13.4 Å². The van der Waals surface area contributed by atoms with E-state index in [-0.39, 0.29) is 5.91 Å². The number of aryl methyl sites for hydroxylation is 1. The van der Waals surface area contributed by atoms with Gasteiger partial charge in [0, 0.05) is 24.7 Å². The van der Waals surface area contributed by atoms with Gasteiger partial charge < -0.3 is 10.7 Å². The molecular formula is C13H11Br3N4O. The molecule has 4 N–H and O–H groups in total. The number of nitrogens with two attached hydrogens (primary N) is 1. The molecule has 0 unspecified atom stereocenters. The maximum Gasteiger partial charge on any atom is 0.255 e. The van der Waals surface area contributed by atoms with E-state index < -0.39 is 0 Å². The number of nitrogens with zero attached hydrogens (tertiary/aromatic N) is 1. The molecule has 0 bridgehead atoms. The molecule has 0 atom stereocenters. The summed E-state index contributed by atoms with van der Waals surface area (Å²) in [6.45, 7) is 1.79. The SMILES string of the molecule is Cc1cc(C(=O)Nc2c(Br)cc(Br)cc2Br)cc(NN)n1. The van der Waals surface area contributed by atoms with Crippen LogP contribution in [0.25, 0.3) is 0 Å². The zero-order chi connectivity index (χ0) is 15.6. The second-order valence-corrected chi connectivity index (χ2v) is 6.85. The number of nitrogen functional groups attached to an aromatic ring is 1. The number of hydrogen-bond donors (Lipinski definition) is 3. The van der Waals surface area contributed by atoms with E-state index in [1.54, 1.807) is 19.1 Å². The molecule has 110 valence electrons. The Hall–Kier alpha value is -0.960. The molecule has 0 saturated heterocycles. The van der Waals surface area contributed by atoms with Crippen LogP contribution in [0.4, 0.5) is 11.5 Å². The predicted molar refractivity (Wildman–Crippen MR) is 94.3 cm³/mol. The van der Waals surface area contributed by atoms with Crippen LogP contribution in [0.1, 0.15) is 16.1 Å². The molecule has 1 aromatic carbocycles. The summed E-state index contributed by atoms with van der Waals surface area (Å²) < 4.78 is 2.42. The third-order valence-electron chi connectivity index (χ3n) is 2.61. The van der Waals surface area contributed by atoms with Crippen LogP contribution in [0, 0.1) is 6.92 Å². The highest BCUT2D eigenvalue weighted by molar-refractivity contribution is 9.11. The van der Waals surface area contributed by atoms with Gasteiger partial charge >= 0.3 is 0 Å². The Labute approximate surface area is 147 Å². The largest absolute Gasteiger partial charge is 0.320 e. The molecular weight excluding hydrogens is 468 g/mol. The zero-order valence-corrected chi connectivity index (χ0v) is 15.6. The molecule has 0 spiro atoms. The Morgan fingerprint density at radius 3 is 2.33 bits per heavy atom. The summed E-state index contributed by atoms with van der Waals surface area (Å²) in [5.74, 6) is 5.53. The Balaban J connectivity index is 2.32. The van der Waals surface area contributed by atoms with E-state index in [9.17, 15) is 4.79 Å². The highest BCUT2D eigenvalue weighted by Gasteiger charge is 2.13. The van der Waals surface area contributed by atoms with Crippen molar-refractivity contribution in [3.63, 3.8) is 0 Å². The van der Waals surface area contributed by atoms with Crippen molar-refractivity contribution in [2.24, 2.45) is 5.84 Å². The fourth-order valence-electron chi connectivity index (χ4n) is 1.72. The van der Waals surface area contributed by atoms with E-state index in [1.807, 2.05) is 12.1 Å². The number of halogens is 3. The molecule has 2 rings (SSSR count). The van der Waals surface area contributed by atoms with Gasteiger partial charge in [-0.2, -0.15) is 0 Å². The molecule has 21 heavy (non-hydrogen) atoms. The van der Waals surface area contributed by atoms with E-state index in [4.69, 9.17) is 5.84 Å². The van der Waals surface area contributed by atoms with Crippen LogP contribution < -0.4 is 16.6 Å². The number of hydrazine groups is 1. The van der Waals surface area contributed by atoms with Crippen LogP contribution in [-0.4, -0.2) is 10.9 Å². The van der Waals surface area contributed by atoms with Gasteiger partial charge in [0.1, 0.15) is 5.82 Å². The maximum absolute atomic E-state index is 12.4. The van der Waals surface area contributed by atoms with Gasteiger partial charge in [-0.15, -0.1) is 0 Å². The van der Waals surface area contributed by atoms with Crippen LogP contribution in [0.5, 0.6) is 0 Å². The van der Waals surface area contributed by atoms with Crippen molar-refractivity contribution in [3.05, 3.63) is 48.9 Å². The van der Waals surface area contributed by atoms with Gasteiger partial charge in [0.2, 0.25) is 0 Å². The first-order valence-electron chi connectivity index (χ1n) is 5.82. The normalized spacial score (nSPS) is 10.3. The van der Waals surface area contributed by atoms with Crippen molar-refractivity contribution in [2.45, 2.75) is 6.92 Å². The van der Waals surface area contributed by atoms with Crippen LogP contribution in [-0.2, 0) is 0 Å². The van der Waals surface area contributed by atoms with Crippen molar-refractivity contribution < 1.29 is 4.79 Å². The third-order valence-corrected chi connectivity index (χ3v) is 4.32. The number of amides is 1. The minimum absolute atomic E-state index is 0.249. The van der Waals surface area contributed by atoms with Gasteiger partial charge in [-0.1, -0.05) is 15.9 Å². The summed E-state index contributed by atoms with van der Waals surface area (Å²) in [5.41, 5.74) is 4.26.